The van der Waals surface area contributed by atoms with Crippen molar-refractivity contribution in [3.63, 3.8) is 0 Å². The van der Waals surface area contributed by atoms with Gasteiger partial charge in [0.25, 0.3) is 11.8 Å². The highest BCUT2D eigenvalue weighted by Crippen LogP contribution is 2.27. The second kappa shape index (κ2) is 11.9. The molecule has 10 heteroatoms. The minimum atomic E-state index is -3.75. The SMILES string of the molecule is COc1ccc(S(=O)(=O)N2CCCCCC2)cc1C(=O)Nc1ccccc1C(=O)NCC1CCCO1. The van der Waals surface area contributed by atoms with Crippen LogP contribution in [0.4, 0.5) is 5.69 Å². The van der Waals surface area contributed by atoms with Gasteiger partial charge in [0.2, 0.25) is 10.0 Å². The highest BCUT2D eigenvalue weighted by molar-refractivity contribution is 7.89. The number of anilines is 1. The maximum atomic E-state index is 13.3. The van der Waals surface area contributed by atoms with Crippen molar-refractivity contribution >= 4 is 27.5 Å². The molecular formula is C26H33N3O6S. The van der Waals surface area contributed by atoms with Gasteiger partial charge < -0.3 is 20.1 Å². The van der Waals surface area contributed by atoms with Gasteiger partial charge in [-0.15, -0.1) is 0 Å². The lowest BCUT2D eigenvalue weighted by atomic mass is 10.1. The first-order valence-electron chi connectivity index (χ1n) is 12.4. The van der Waals surface area contributed by atoms with Crippen molar-refractivity contribution in [3.8, 4) is 5.75 Å². The summed E-state index contributed by atoms with van der Waals surface area (Å²) in [6, 6.07) is 11.0. The minimum Gasteiger partial charge on any atom is -0.496 e. The number of hydrogen-bond donors (Lipinski definition) is 2. The van der Waals surface area contributed by atoms with Crippen molar-refractivity contribution in [2.75, 3.05) is 38.7 Å². The number of hydrogen-bond acceptors (Lipinski definition) is 6. The summed E-state index contributed by atoms with van der Waals surface area (Å²) in [5.41, 5.74) is 0.689. The fourth-order valence-electron chi connectivity index (χ4n) is 4.54. The van der Waals surface area contributed by atoms with Crippen LogP contribution in [0.15, 0.2) is 47.4 Å². The van der Waals surface area contributed by atoms with Gasteiger partial charge in [0.1, 0.15) is 5.75 Å². The quantitative estimate of drug-likeness (QED) is 0.557. The molecule has 0 aromatic heterocycles. The fourth-order valence-corrected chi connectivity index (χ4v) is 6.09. The zero-order chi connectivity index (χ0) is 25.5. The lowest BCUT2D eigenvalue weighted by Crippen LogP contribution is -2.32. The Labute approximate surface area is 212 Å². The molecule has 4 rings (SSSR count). The van der Waals surface area contributed by atoms with Gasteiger partial charge in [-0.2, -0.15) is 4.31 Å². The summed E-state index contributed by atoms with van der Waals surface area (Å²) in [6.45, 7) is 2.02. The molecule has 2 aliphatic heterocycles. The number of carbonyl (C=O) groups excluding carboxylic acids is 2. The van der Waals surface area contributed by atoms with Crippen LogP contribution in [-0.2, 0) is 14.8 Å². The third-order valence-electron chi connectivity index (χ3n) is 6.55. The van der Waals surface area contributed by atoms with Gasteiger partial charge in [-0.25, -0.2) is 8.42 Å². The molecule has 2 saturated heterocycles. The van der Waals surface area contributed by atoms with E-state index in [1.165, 1.54) is 29.6 Å². The predicted octanol–water partition coefficient (Wildman–Crippen LogP) is 3.42. The van der Waals surface area contributed by atoms with Crippen LogP contribution in [-0.4, -0.2) is 64.0 Å². The molecule has 0 bridgehead atoms. The molecule has 2 amide bonds. The van der Waals surface area contributed by atoms with Crippen molar-refractivity contribution in [1.82, 2.24) is 9.62 Å². The average Bonchev–Trinajstić information content (AvgIpc) is 3.26. The van der Waals surface area contributed by atoms with E-state index in [1.807, 2.05) is 0 Å². The van der Waals surface area contributed by atoms with Gasteiger partial charge in [0, 0.05) is 26.2 Å². The third kappa shape index (κ3) is 6.05. The van der Waals surface area contributed by atoms with E-state index < -0.39 is 15.9 Å². The smallest absolute Gasteiger partial charge is 0.259 e. The van der Waals surface area contributed by atoms with E-state index in [-0.39, 0.29) is 28.2 Å². The summed E-state index contributed by atoms with van der Waals surface area (Å²) in [6.07, 6.45) is 5.50. The van der Waals surface area contributed by atoms with Crippen molar-refractivity contribution < 1.29 is 27.5 Å². The first kappa shape index (κ1) is 26.1. The van der Waals surface area contributed by atoms with E-state index >= 15 is 0 Å². The van der Waals surface area contributed by atoms with Crippen molar-refractivity contribution in [3.05, 3.63) is 53.6 Å². The van der Waals surface area contributed by atoms with Gasteiger partial charge in [0.05, 0.1) is 34.9 Å². The van der Waals surface area contributed by atoms with E-state index in [0.717, 1.165) is 38.5 Å². The van der Waals surface area contributed by atoms with Crippen LogP contribution >= 0.6 is 0 Å². The van der Waals surface area contributed by atoms with Crippen LogP contribution < -0.4 is 15.4 Å². The lowest BCUT2D eigenvalue weighted by molar-refractivity contribution is 0.0858. The first-order chi connectivity index (χ1) is 17.4. The van der Waals surface area contributed by atoms with E-state index in [9.17, 15) is 18.0 Å². The molecule has 0 radical (unpaired) electrons. The van der Waals surface area contributed by atoms with E-state index in [2.05, 4.69) is 10.6 Å². The largest absolute Gasteiger partial charge is 0.496 e. The number of methoxy groups -OCH3 is 1. The minimum absolute atomic E-state index is 0.00569. The molecule has 36 heavy (non-hydrogen) atoms. The molecule has 2 N–H and O–H groups in total. The Morgan fingerprint density at radius 3 is 2.44 bits per heavy atom. The number of nitrogens with zero attached hydrogens (tertiary/aromatic N) is 1. The molecule has 1 atom stereocenters. The number of carbonyl (C=O) groups is 2. The summed E-state index contributed by atoms with van der Waals surface area (Å²) < 4.78 is 39.0. The van der Waals surface area contributed by atoms with Gasteiger partial charge in [-0.05, 0) is 56.0 Å². The van der Waals surface area contributed by atoms with Crippen molar-refractivity contribution in [1.29, 1.82) is 0 Å². The first-order valence-corrected chi connectivity index (χ1v) is 13.8. The molecule has 2 aromatic rings. The van der Waals surface area contributed by atoms with Crippen LogP contribution in [0.5, 0.6) is 5.75 Å². The summed E-state index contributed by atoms with van der Waals surface area (Å²) >= 11 is 0. The second-order valence-electron chi connectivity index (χ2n) is 9.03. The number of sulfonamides is 1. The molecule has 194 valence electrons. The van der Waals surface area contributed by atoms with E-state index in [4.69, 9.17) is 9.47 Å². The highest BCUT2D eigenvalue weighted by atomic mass is 32.2. The number of para-hydroxylation sites is 1. The van der Waals surface area contributed by atoms with Gasteiger partial charge in [0.15, 0.2) is 0 Å². The third-order valence-corrected chi connectivity index (χ3v) is 8.45. The molecule has 1 unspecified atom stereocenters. The number of rotatable bonds is 8. The van der Waals surface area contributed by atoms with Crippen LogP contribution in [0.3, 0.4) is 0 Å². The summed E-state index contributed by atoms with van der Waals surface area (Å²) in [5.74, 6) is -0.660. The van der Waals surface area contributed by atoms with Crippen molar-refractivity contribution in [2.45, 2.75) is 49.5 Å². The number of benzene rings is 2. The molecular weight excluding hydrogens is 482 g/mol. The molecule has 2 aliphatic rings. The standard InChI is InChI=1S/C26H33N3O6S/c1-34-24-13-12-20(36(32,33)29-14-6-2-3-7-15-29)17-22(24)26(31)28-23-11-5-4-10-21(23)25(30)27-18-19-9-8-16-35-19/h4-5,10-13,17,19H,2-3,6-9,14-16,18H2,1H3,(H,27,30)(H,28,31). The Hall–Kier alpha value is -2.95. The maximum Gasteiger partial charge on any atom is 0.259 e. The topological polar surface area (TPSA) is 114 Å². The summed E-state index contributed by atoms with van der Waals surface area (Å²) in [7, 11) is -2.34. The van der Waals surface area contributed by atoms with E-state index in [0.29, 0.717) is 37.5 Å². The normalized spacial score (nSPS) is 18.9. The number of ether oxygens (including phenoxy) is 2. The molecule has 2 heterocycles. The molecule has 9 nitrogen and oxygen atoms in total. The summed E-state index contributed by atoms with van der Waals surface area (Å²) in [5, 5.41) is 5.62. The zero-order valence-corrected chi connectivity index (χ0v) is 21.3. The number of amides is 2. The molecule has 0 spiro atoms. The molecule has 2 aromatic carbocycles. The molecule has 2 fully saturated rings. The van der Waals surface area contributed by atoms with Crippen LogP contribution in [0.25, 0.3) is 0 Å². The van der Waals surface area contributed by atoms with Crippen LogP contribution in [0.1, 0.15) is 59.2 Å². The Kier molecular flexibility index (Phi) is 8.60. The molecule has 0 saturated carbocycles. The maximum absolute atomic E-state index is 13.3. The average molecular weight is 516 g/mol. The molecule has 0 aliphatic carbocycles. The van der Waals surface area contributed by atoms with Crippen LogP contribution in [0.2, 0.25) is 0 Å². The Bertz CT molecular complexity index is 1190. The number of nitrogens with one attached hydrogen (secondary N) is 2. The van der Waals surface area contributed by atoms with Gasteiger partial charge in [-0.1, -0.05) is 25.0 Å². The van der Waals surface area contributed by atoms with Crippen molar-refractivity contribution in [2.24, 2.45) is 0 Å². The van der Waals surface area contributed by atoms with Crippen LogP contribution in [0, 0.1) is 0 Å². The van der Waals surface area contributed by atoms with Gasteiger partial charge in [-0.3, -0.25) is 9.59 Å². The second-order valence-corrected chi connectivity index (χ2v) is 11.0. The Balaban J connectivity index is 1.55. The lowest BCUT2D eigenvalue weighted by Gasteiger charge is -2.21. The zero-order valence-electron chi connectivity index (χ0n) is 20.5. The highest BCUT2D eigenvalue weighted by Gasteiger charge is 2.27. The van der Waals surface area contributed by atoms with E-state index in [1.54, 1.807) is 24.3 Å². The fraction of sp³-hybridized carbons (Fsp3) is 0.462. The summed E-state index contributed by atoms with van der Waals surface area (Å²) in [4.78, 5) is 26.2. The monoisotopic (exact) mass is 515 g/mol. The van der Waals surface area contributed by atoms with Gasteiger partial charge >= 0.3 is 0 Å². The predicted molar refractivity (Wildman–Crippen MR) is 136 cm³/mol. The Morgan fingerprint density at radius 2 is 1.75 bits per heavy atom. The Morgan fingerprint density at radius 1 is 1.00 bits per heavy atom.